The lowest BCUT2D eigenvalue weighted by atomic mass is 10.2. The van der Waals surface area contributed by atoms with E-state index in [0.717, 1.165) is 17.1 Å². The Labute approximate surface area is 133 Å². The molecule has 6 heteroatoms. The Balaban J connectivity index is 0.00000161. The molecular formula is C15H14Cl2FNO2. The van der Waals surface area contributed by atoms with Crippen molar-refractivity contribution in [2.24, 2.45) is 0 Å². The summed E-state index contributed by atoms with van der Waals surface area (Å²) >= 11 is 5.97. The van der Waals surface area contributed by atoms with Crippen molar-refractivity contribution in [2.45, 2.75) is 13.1 Å². The molecule has 1 aliphatic heterocycles. The summed E-state index contributed by atoms with van der Waals surface area (Å²) in [4.78, 5) is 0. The highest BCUT2D eigenvalue weighted by Gasteiger charge is 2.13. The van der Waals surface area contributed by atoms with Crippen LogP contribution in [0.15, 0.2) is 36.4 Å². The number of hydrogen-bond donors (Lipinski definition) is 1. The molecule has 112 valence electrons. The molecule has 0 bridgehead atoms. The molecule has 1 heterocycles. The Bertz CT molecular complexity index is 617. The van der Waals surface area contributed by atoms with Gasteiger partial charge >= 0.3 is 0 Å². The maximum absolute atomic E-state index is 13.6. The van der Waals surface area contributed by atoms with Crippen molar-refractivity contribution in [3.8, 4) is 11.5 Å². The van der Waals surface area contributed by atoms with Gasteiger partial charge in [0.15, 0.2) is 11.5 Å². The van der Waals surface area contributed by atoms with Crippen LogP contribution in [0.1, 0.15) is 11.1 Å². The fourth-order valence-electron chi connectivity index (χ4n) is 2.08. The van der Waals surface area contributed by atoms with Crippen molar-refractivity contribution in [1.29, 1.82) is 0 Å². The number of halogens is 3. The van der Waals surface area contributed by atoms with Gasteiger partial charge in [-0.05, 0) is 29.8 Å². The summed E-state index contributed by atoms with van der Waals surface area (Å²) < 4.78 is 24.2. The topological polar surface area (TPSA) is 30.5 Å². The van der Waals surface area contributed by atoms with Gasteiger partial charge in [-0.3, -0.25) is 0 Å². The first kappa shape index (κ1) is 15.9. The molecule has 0 atom stereocenters. The van der Waals surface area contributed by atoms with Crippen LogP contribution in [-0.2, 0) is 13.1 Å². The Hall–Kier alpha value is -1.49. The quantitative estimate of drug-likeness (QED) is 0.922. The Morgan fingerprint density at radius 3 is 2.71 bits per heavy atom. The molecule has 2 aromatic carbocycles. The van der Waals surface area contributed by atoms with Gasteiger partial charge in [0, 0.05) is 23.7 Å². The third-order valence-electron chi connectivity index (χ3n) is 3.13. The van der Waals surface area contributed by atoms with E-state index in [0.29, 0.717) is 23.7 Å². The molecule has 0 fully saturated rings. The molecule has 0 amide bonds. The van der Waals surface area contributed by atoms with Crippen molar-refractivity contribution < 1.29 is 13.9 Å². The highest BCUT2D eigenvalue weighted by Crippen LogP contribution is 2.32. The van der Waals surface area contributed by atoms with Gasteiger partial charge in [-0.25, -0.2) is 4.39 Å². The van der Waals surface area contributed by atoms with Gasteiger partial charge in [0.05, 0.1) is 0 Å². The van der Waals surface area contributed by atoms with Crippen molar-refractivity contribution in [2.75, 3.05) is 6.79 Å². The first-order chi connectivity index (χ1) is 9.74. The lowest BCUT2D eigenvalue weighted by Gasteiger charge is -2.08. The van der Waals surface area contributed by atoms with Crippen molar-refractivity contribution in [1.82, 2.24) is 5.32 Å². The smallest absolute Gasteiger partial charge is 0.231 e. The number of benzene rings is 2. The summed E-state index contributed by atoms with van der Waals surface area (Å²) in [5.41, 5.74) is 1.52. The SMILES string of the molecule is Cl.Fc1cccc(Cl)c1CNCc1ccc2c(c1)OCO2. The van der Waals surface area contributed by atoms with E-state index in [1.165, 1.54) is 6.07 Å². The van der Waals surface area contributed by atoms with Crippen LogP contribution in [0.4, 0.5) is 4.39 Å². The normalized spacial score (nSPS) is 12.1. The van der Waals surface area contributed by atoms with E-state index in [9.17, 15) is 4.39 Å². The van der Waals surface area contributed by atoms with Gasteiger partial charge in [0.1, 0.15) is 5.82 Å². The van der Waals surface area contributed by atoms with E-state index in [4.69, 9.17) is 21.1 Å². The number of hydrogen-bond acceptors (Lipinski definition) is 3. The molecule has 0 radical (unpaired) electrons. The van der Waals surface area contributed by atoms with Crippen LogP contribution in [0.2, 0.25) is 5.02 Å². The van der Waals surface area contributed by atoms with E-state index < -0.39 is 0 Å². The molecule has 0 saturated carbocycles. The molecule has 3 rings (SSSR count). The predicted molar refractivity (Wildman–Crippen MR) is 81.8 cm³/mol. The van der Waals surface area contributed by atoms with E-state index in [2.05, 4.69) is 5.32 Å². The maximum Gasteiger partial charge on any atom is 0.231 e. The average molecular weight is 330 g/mol. The van der Waals surface area contributed by atoms with E-state index >= 15 is 0 Å². The van der Waals surface area contributed by atoms with Crippen LogP contribution in [-0.4, -0.2) is 6.79 Å². The molecule has 0 aromatic heterocycles. The van der Waals surface area contributed by atoms with Crippen molar-refractivity contribution in [3.05, 3.63) is 58.4 Å². The molecule has 1 aliphatic rings. The molecule has 0 aliphatic carbocycles. The van der Waals surface area contributed by atoms with Crippen LogP contribution in [0, 0.1) is 5.82 Å². The lowest BCUT2D eigenvalue weighted by molar-refractivity contribution is 0.174. The largest absolute Gasteiger partial charge is 0.454 e. The van der Waals surface area contributed by atoms with Crippen molar-refractivity contribution in [3.63, 3.8) is 0 Å². The zero-order valence-electron chi connectivity index (χ0n) is 11.1. The molecule has 0 saturated heterocycles. The fraction of sp³-hybridized carbons (Fsp3) is 0.200. The zero-order valence-corrected chi connectivity index (χ0v) is 12.6. The second kappa shape index (κ2) is 6.98. The standard InChI is InChI=1S/C15H13ClFNO2.ClH/c16-12-2-1-3-13(17)11(12)8-18-7-10-4-5-14-15(6-10)20-9-19-14;/h1-6,18H,7-9H2;1H. The highest BCUT2D eigenvalue weighted by atomic mass is 35.5. The van der Waals surface area contributed by atoms with E-state index in [-0.39, 0.29) is 25.0 Å². The molecule has 1 N–H and O–H groups in total. The van der Waals surface area contributed by atoms with Crippen LogP contribution < -0.4 is 14.8 Å². The van der Waals surface area contributed by atoms with Crippen LogP contribution in [0.3, 0.4) is 0 Å². The fourth-order valence-corrected chi connectivity index (χ4v) is 2.31. The third-order valence-corrected chi connectivity index (χ3v) is 3.48. The van der Waals surface area contributed by atoms with Crippen molar-refractivity contribution >= 4 is 24.0 Å². The van der Waals surface area contributed by atoms with Gasteiger partial charge in [-0.1, -0.05) is 23.7 Å². The maximum atomic E-state index is 13.6. The van der Waals surface area contributed by atoms with Gasteiger partial charge in [0.25, 0.3) is 0 Å². The molecule has 0 spiro atoms. The third kappa shape index (κ3) is 3.59. The molecule has 3 nitrogen and oxygen atoms in total. The summed E-state index contributed by atoms with van der Waals surface area (Å²) in [6.07, 6.45) is 0. The first-order valence-corrected chi connectivity index (χ1v) is 6.64. The number of ether oxygens (including phenoxy) is 2. The lowest BCUT2D eigenvalue weighted by Crippen LogP contribution is -2.14. The summed E-state index contributed by atoms with van der Waals surface area (Å²) in [5, 5.41) is 3.60. The second-order valence-corrected chi connectivity index (χ2v) is 4.90. The predicted octanol–water partition coefficient (Wildman–Crippen LogP) is 3.92. The summed E-state index contributed by atoms with van der Waals surface area (Å²) in [6.45, 7) is 1.23. The van der Waals surface area contributed by atoms with Crippen LogP contribution in [0.5, 0.6) is 11.5 Å². The van der Waals surface area contributed by atoms with Gasteiger partial charge in [0.2, 0.25) is 6.79 Å². The number of rotatable bonds is 4. The summed E-state index contributed by atoms with van der Waals surface area (Å²) in [5.74, 6) is 1.20. The Morgan fingerprint density at radius 2 is 1.90 bits per heavy atom. The van der Waals surface area contributed by atoms with Gasteiger partial charge < -0.3 is 14.8 Å². The molecule has 21 heavy (non-hydrogen) atoms. The number of nitrogens with one attached hydrogen (secondary N) is 1. The minimum Gasteiger partial charge on any atom is -0.454 e. The average Bonchev–Trinajstić information content (AvgIpc) is 2.89. The first-order valence-electron chi connectivity index (χ1n) is 6.26. The van der Waals surface area contributed by atoms with Crippen LogP contribution in [0.25, 0.3) is 0 Å². The summed E-state index contributed by atoms with van der Waals surface area (Å²) in [7, 11) is 0. The van der Waals surface area contributed by atoms with Gasteiger partial charge in [-0.15, -0.1) is 12.4 Å². The van der Waals surface area contributed by atoms with E-state index in [1.807, 2.05) is 18.2 Å². The highest BCUT2D eigenvalue weighted by molar-refractivity contribution is 6.31. The Kier molecular flexibility index (Phi) is 5.28. The molecule has 0 unspecified atom stereocenters. The Morgan fingerprint density at radius 1 is 1.10 bits per heavy atom. The van der Waals surface area contributed by atoms with E-state index in [1.54, 1.807) is 12.1 Å². The summed E-state index contributed by atoms with van der Waals surface area (Å²) in [6, 6.07) is 10.4. The molecular weight excluding hydrogens is 316 g/mol. The monoisotopic (exact) mass is 329 g/mol. The van der Waals surface area contributed by atoms with Crippen LogP contribution >= 0.6 is 24.0 Å². The molecule has 2 aromatic rings. The minimum absolute atomic E-state index is 0. The second-order valence-electron chi connectivity index (χ2n) is 4.49. The minimum atomic E-state index is -0.296. The number of fused-ring (bicyclic) bond motifs is 1. The van der Waals surface area contributed by atoms with Gasteiger partial charge in [-0.2, -0.15) is 0 Å². The zero-order chi connectivity index (χ0) is 13.9.